The van der Waals surface area contributed by atoms with Crippen LogP contribution in [0.3, 0.4) is 0 Å². The molecule has 1 amide bonds. The predicted octanol–water partition coefficient (Wildman–Crippen LogP) is 1.99. The molecule has 1 aromatic carbocycles. The van der Waals surface area contributed by atoms with Crippen LogP contribution >= 0.6 is 0 Å². The van der Waals surface area contributed by atoms with Crippen LogP contribution in [0.5, 0.6) is 0 Å². The van der Waals surface area contributed by atoms with Crippen molar-refractivity contribution in [1.29, 1.82) is 0 Å². The van der Waals surface area contributed by atoms with E-state index >= 15 is 0 Å². The van der Waals surface area contributed by atoms with E-state index in [9.17, 15) is 4.79 Å². The summed E-state index contributed by atoms with van der Waals surface area (Å²) in [6.07, 6.45) is 2.21. The molecule has 122 valence electrons. The first-order valence-corrected chi connectivity index (χ1v) is 7.81. The Hall–Kier alpha value is -2.28. The summed E-state index contributed by atoms with van der Waals surface area (Å²) in [5.74, 6) is 0.528. The number of nitrogens with one attached hydrogen (secondary N) is 1. The van der Waals surface area contributed by atoms with E-state index in [0.29, 0.717) is 11.7 Å². The summed E-state index contributed by atoms with van der Waals surface area (Å²) in [5.41, 5.74) is 7.28. The van der Waals surface area contributed by atoms with E-state index in [1.165, 1.54) is 0 Å². The fourth-order valence-electron chi connectivity index (χ4n) is 2.30. The Morgan fingerprint density at radius 1 is 1.39 bits per heavy atom. The van der Waals surface area contributed by atoms with Crippen molar-refractivity contribution in [3.05, 3.63) is 24.3 Å². The Balaban J connectivity index is 1.80. The molecule has 2 aromatic rings. The van der Waals surface area contributed by atoms with Crippen LogP contribution in [0.2, 0.25) is 0 Å². The fourth-order valence-corrected chi connectivity index (χ4v) is 2.30. The highest BCUT2D eigenvalue weighted by Crippen LogP contribution is 2.36. The number of amides is 1. The molecule has 1 aromatic heterocycles. The van der Waals surface area contributed by atoms with E-state index in [0.717, 1.165) is 24.2 Å². The van der Waals surface area contributed by atoms with Gasteiger partial charge >= 0.3 is 0 Å². The summed E-state index contributed by atoms with van der Waals surface area (Å²) in [6, 6.07) is 7.33. The Bertz CT molecular complexity index is 713. The zero-order chi connectivity index (χ0) is 16.6. The van der Waals surface area contributed by atoms with Crippen LogP contribution in [0.1, 0.15) is 39.7 Å². The van der Waals surface area contributed by atoms with Gasteiger partial charge in [-0.1, -0.05) is 32.9 Å². The van der Waals surface area contributed by atoms with Gasteiger partial charge in [-0.15, -0.1) is 5.10 Å². The molecule has 0 aliphatic heterocycles. The van der Waals surface area contributed by atoms with E-state index in [1.807, 2.05) is 49.7 Å². The standard InChI is InChI=1S/C16H22N6O/c1-16(2,3)13(17)15(23)18-11-6-4-5-10(9-11)14-19-20-21-22(14)12-7-8-12/h4-6,9,12-13H,7-8,17H2,1-3H3,(H,18,23)/t13-/m1/s1. The number of carbonyl (C=O) groups excluding carboxylic acids is 1. The van der Waals surface area contributed by atoms with Crippen LogP contribution < -0.4 is 11.1 Å². The lowest BCUT2D eigenvalue weighted by Crippen LogP contribution is -2.45. The van der Waals surface area contributed by atoms with Crippen molar-refractivity contribution in [3.63, 3.8) is 0 Å². The molecule has 1 atom stereocenters. The highest BCUT2D eigenvalue weighted by atomic mass is 16.2. The van der Waals surface area contributed by atoms with Crippen LogP contribution in [0, 0.1) is 5.41 Å². The largest absolute Gasteiger partial charge is 0.325 e. The Morgan fingerprint density at radius 3 is 2.78 bits per heavy atom. The second kappa shape index (κ2) is 5.73. The minimum atomic E-state index is -0.581. The first-order chi connectivity index (χ1) is 10.9. The van der Waals surface area contributed by atoms with Gasteiger partial charge < -0.3 is 11.1 Å². The second-order valence-electron chi connectivity index (χ2n) is 7.09. The van der Waals surface area contributed by atoms with Gasteiger partial charge in [-0.3, -0.25) is 4.79 Å². The van der Waals surface area contributed by atoms with Crippen molar-refractivity contribution in [2.24, 2.45) is 11.1 Å². The van der Waals surface area contributed by atoms with E-state index < -0.39 is 6.04 Å². The molecule has 0 saturated heterocycles. The molecule has 0 unspecified atom stereocenters. The Kier molecular flexibility index (Phi) is 3.89. The summed E-state index contributed by atoms with van der Waals surface area (Å²) < 4.78 is 1.85. The molecule has 1 aliphatic rings. The van der Waals surface area contributed by atoms with Crippen LogP contribution in [0.25, 0.3) is 11.4 Å². The average Bonchev–Trinajstić information content (AvgIpc) is 3.22. The molecule has 1 saturated carbocycles. The van der Waals surface area contributed by atoms with Crippen LogP contribution in [-0.4, -0.2) is 32.2 Å². The lowest BCUT2D eigenvalue weighted by atomic mass is 9.87. The lowest BCUT2D eigenvalue weighted by Gasteiger charge is -2.25. The maximum atomic E-state index is 12.3. The quantitative estimate of drug-likeness (QED) is 0.899. The minimum absolute atomic E-state index is 0.198. The number of carbonyl (C=O) groups is 1. The van der Waals surface area contributed by atoms with Gasteiger partial charge in [0, 0.05) is 11.3 Å². The lowest BCUT2D eigenvalue weighted by molar-refractivity contribution is -0.119. The smallest absolute Gasteiger partial charge is 0.241 e. The number of benzene rings is 1. The molecular formula is C16H22N6O. The number of nitrogens with two attached hydrogens (primary N) is 1. The topological polar surface area (TPSA) is 98.7 Å². The monoisotopic (exact) mass is 314 g/mol. The van der Waals surface area contributed by atoms with Crippen molar-refractivity contribution < 1.29 is 4.79 Å². The molecule has 0 radical (unpaired) electrons. The third-order valence-electron chi connectivity index (χ3n) is 3.99. The number of hydrogen-bond donors (Lipinski definition) is 2. The summed E-state index contributed by atoms with van der Waals surface area (Å²) in [6.45, 7) is 5.83. The molecule has 1 heterocycles. The summed E-state index contributed by atoms with van der Waals surface area (Å²) in [5, 5.41) is 14.8. The van der Waals surface area contributed by atoms with Crippen LogP contribution in [0.15, 0.2) is 24.3 Å². The molecule has 7 nitrogen and oxygen atoms in total. The summed E-state index contributed by atoms with van der Waals surface area (Å²) in [4.78, 5) is 12.3. The van der Waals surface area contributed by atoms with Gasteiger partial charge in [0.25, 0.3) is 0 Å². The van der Waals surface area contributed by atoms with Gasteiger partial charge in [0.05, 0.1) is 12.1 Å². The zero-order valence-electron chi connectivity index (χ0n) is 13.7. The van der Waals surface area contributed by atoms with Crippen molar-refractivity contribution >= 4 is 11.6 Å². The van der Waals surface area contributed by atoms with Crippen molar-refractivity contribution in [1.82, 2.24) is 20.2 Å². The molecule has 3 N–H and O–H groups in total. The zero-order valence-corrected chi connectivity index (χ0v) is 13.7. The Labute approximate surface area is 135 Å². The number of tetrazole rings is 1. The summed E-state index contributed by atoms with van der Waals surface area (Å²) in [7, 11) is 0. The first-order valence-electron chi connectivity index (χ1n) is 7.81. The molecule has 23 heavy (non-hydrogen) atoms. The van der Waals surface area contributed by atoms with Crippen LogP contribution in [0.4, 0.5) is 5.69 Å². The molecule has 0 spiro atoms. The number of aromatic nitrogens is 4. The van der Waals surface area contributed by atoms with E-state index in [-0.39, 0.29) is 11.3 Å². The van der Waals surface area contributed by atoms with Crippen LogP contribution in [-0.2, 0) is 4.79 Å². The van der Waals surface area contributed by atoms with Gasteiger partial charge in [-0.05, 0) is 40.8 Å². The van der Waals surface area contributed by atoms with Gasteiger partial charge in [0.2, 0.25) is 5.91 Å². The molecule has 1 aliphatic carbocycles. The van der Waals surface area contributed by atoms with Gasteiger partial charge in [0.15, 0.2) is 5.82 Å². The highest BCUT2D eigenvalue weighted by molar-refractivity contribution is 5.95. The molecular weight excluding hydrogens is 292 g/mol. The summed E-state index contributed by atoms with van der Waals surface area (Å²) >= 11 is 0. The SMILES string of the molecule is CC(C)(C)[C@H](N)C(=O)Nc1cccc(-c2nnnn2C2CC2)c1. The second-order valence-corrected chi connectivity index (χ2v) is 7.09. The van der Waals surface area contributed by atoms with Crippen molar-refractivity contribution in [3.8, 4) is 11.4 Å². The third kappa shape index (κ3) is 3.39. The fraction of sp³-hybridized carbons (Fsp3) is 0.500. The molecule has 7 heteroatoms. The average molecular weight is 314 g/mol. The molecule has 3 rings (SSSR count). The van der Waals surface area contributed by atoms with E-state index in [1.54, 1.807) is 0 Å². The van der Waals surface area contributed by atoms with Gasteiger partial charge in [-0.2, -0.15) is 0 Å². The number of hydrogen-bond acceptors (Lipinski definition) is 5. The van der Waals surface area contributed by atoms with Gasteiger partial charge in [0.1, 0.15) is 0 Å². The minimum Gasteiger partial charge on any atom is -0.325 e. The molecule has 1 fully saturated rings. The number of nitrogens with zero attached hydrogens (tertiary/aromatic N) is 4. The van der Waals surface area contributed by atoms with E-state index in [2.05, 4.69) is 20.8 Å². The van der Waals surface area contributed by atoms with E-state index in [4.69, 9.17) is 5.73 Å². The van der Waals surface area contributed by atoms with Gasteiger partial charge in [-0.25, -0.2) is 4.68 Å². The maximum Gasteiger partial charge on any atom is 0.241 e. The number of anilines is 1. The molecule has 0 bridgehead atoms. The van der Waals surface area contributed by atoms with Crippen molar-refractivity contribution in [2.45, 2.75) is 45.7 Å². The first kappa shape index (κ1) is 15.6. The third-order valence-corrected chi connectivity index (χ3v) is 3.99. The number of rotatable bonds is 4. The Morgan fingerprint density at radius 2 is 2.13 bits per heavy atom. The predicted molar refractivity (Wildman–Crippen MR) is 87.6 cm³/mol. The highest BCUT2D eigenvalue weighted by Gasteiger charge is 2.29. The maximum absolute atomic E-state index is 12.3. The van der Waals surface area contributed by atoms with Crippen molar-refractivity contribution in [2.75, 3.05) is 5.32 Å². The normalized spacial score (nSPS) is 16.2.